The van der Waals surface area contributed by atoms with Crippen molar-refractivity contribution in [2.75, 3.05) is 5.75 Å². The lowest BCUT2D eigenvalue weighted by atomic mass is 10.1. The van der Waals surface area contributed by atoms with E-state index in [0.717, 1.165) is 16.6 Å². The average molecular weight is 241 g/mol. The number of hydrogen-bond donors (Lipinski definition) is 1. The lowest BCUT2D eigenvalue weighted by Gasteiger charge is -2.12. The fourth-order valence-electron chi connectivity index (χ4n) is 1.33. The van der Waals surface area contributed by atoms with Crippen molar-refractivity contribution in [2.45, 2.75) is 26.4 Å². The van der Waals surface area contributed by atoms with Gasteiger partial charge in [-0.05, 0) is 5.92 Å². The summed E-state index contributed by atoms with van der Waals surface area (Å²) in [6.07, 6.45) is 0. The van der Waals surface area contributed by atoms with E-state index in [9.17, 15) is 0 Å². The standard InChI is InChI=1S/C10H15N3S2/c1-7(2)9-5-15-10(13-9)11-3-8-4-14-6-12-8/h4,6-7,9H,3,5H2,1-2H3,(H,11,13)/t9-/m1/s1. The topological polar surface area (TPSA) is 37.3 Å². The summed E-state index contributed by atoms with van der Waals surface area (Å²) in [5.74, 6) is 1.80. The van der Waals surface area contributed by atoms with E-state index in [0.29, 0.717) is 18.5 Å². The van der Waals surface area contributed by atoms with E-state index in [1.165, 1.54) is 0 Å². The van der Waals surface area contributed by atoms with Gasteiger partial charge in [0.05, 0.1) is 17.7 Å². The minimum atomic E-state index is 0.573. The number of aromatic nitrogens is 1. The van der Waals surface area contributed by atoms with Gasteiger partial charge >= 0.3 is 0 Å². The first-order chi connectivity index (χ1) is 7.25. The number of aliphatic imine (C=N–C) groups is 1. The van der Waals surface area contributed by atoms with Crippen molar-refractivity contribution in [3.63, 3.8) is 0 Å². The molecule has 5 heteroatoms. The van der Waals surface area contributed by atoms with Crippen LogP contribution in [0.25, 0.3) is 0 Å². The zero-order chi connectivity index (χ0) is 10.7. The normalized spacial score (nSPS) is 23.7. The lowest BCUT2D eigenvalue weighted by Crippen LogP contribution is -2.31. The van der Waals surface area contributed by atoms with Crippen LogP contribution in [0.5, 0.6) is 0 Å². The SMILES string of the molecule is CC(C)[C@H]1CSC(=NCc2cscn2)N1. The van der Waals surface area contributed by atoms with Gasteiger partial charge in [0.2, 0.25) is 0 Å². The van der Waals surface area contributed by atoms with Crippen LogP contribution in [0.2, 0.25) is 0 Å². The number of thioether (sulfide) groups is 1. The van der Waals surface area contributed by atoms with Crippen LogP contribution in [-0.2, 0) is 6.54 Å². The number of nitrogens with one attached hydrogen (secondary N) is 1. The van der Waals surface area contributed by atoms with Gasteiger partial charge in [0.25, 0.3) is 0 Å². The molecule has 0 unspecified atom stereocenters. The van der Waals surface area contributed by atoms with E-state index in [1.807, 2.05) is 22.7 Å². The monoisotopic (exact) mass is 241 g/mol. The number of hydrogen-bond acceptors (Lipinski definition) is 4. The Morgan fingerprint density at radius 1 is 1.67 bits per heavy atom. The molecule has 2 rings (SSSR count). The Kier molecular flexibility index (Phi) is 3.64. The van der Waals surface area contributed by atoms with Gasteiger partial charge in [0.1, 0.15) is 0 Å². The molecule has 15 heavy (non-hydrogen) atoms. The zero-order valence-corrected chi connectivity index (χ0v) is 10.6. The Bertz CT molecular complexity index is 332. The predicted molar refractivity (Wildman–Crippen MR) is 67.5 cm³/mol. The average Bonchev–Trinajstić information content (AvgIpc) is 2.86. The fraction of sp³-hybridized carbons (Fsp3) is 0.600. The highest BCUT2D eigenvalue weighted by Crippen LogP contribution is 2.19. The van der Waals surface area contributed by atoms with Gasteiger partial charge in [-0.1, -0.05) is 25.6 Å². The van der Waals surface area contributed by atoms with Crippen LogP contribution >= 0.6 is 23.1 Å². The van der Waals surface area contributed by atoms with Crippen LogP contribution in [0, 0.1) is 5.92 Å². The van der Waals surface area contributed by atoms with Crippen molar-refractivity contribution in [2.24, 2.45) is 10.9 Å². The van der Waals surface area contributed by atoms with Gasteiger partial charge in [-0.15, -0.1) is 11.3 Å². The molecule has 0 aromatic carbocycles. The smallest absolute Gasteiger partial charge is 0.157 e. The lowest BCUT2D eigenvalue weighted by molar-refractivity contribution is 0.503. The van der Waals surface area contributed by atoms with Crippen LogP contribution in [-0.4, -0.2) is 21.9 Å². The second-order valence-electron chi connectivity index (χ2n) is 3.91. The largest absolute Gasteiger partial charge is 0.361 e. The third kappa shape index (κ3) is 2.95. The molecule has 1 atom stereocenters. The molecule has 1 fully saturated rings. The van der Waals surface area contributed by atoms with Gasteiger partial charge < -0.3 is 5.32 Å². The van der Waals surface area contributed by atoms with Crippen LogP contribution in [0.3, 0.4) is 0 Å². The third-order valence-electron chi connectivity index (χ3n) is 2.38. The summed E-state index contributed by atoms with van der Waals surface area (Å²) < 4.78 is 0. The summed E-state index contributed by atoms with van der Waals surface area (Å²) in [6, 6.07) is 0.573. The molecule has 1 saturated heterocycles. The molecular formula is C10H15N3S2. The fourth-order valence-corrected chi connectivity index (χ4v) is 3.08. The Morgan fingerprint density at radius 2 is 2.53 bits per heavy atom. The number of thiazole rings is 1. The number of rotatable bonds is 3. The van der Waals surface area contributed by atoms with E-state index < -0.39 is 0 Å². The first-order valence-corrected chi connectivity index (χ1v) is 6.99. The Hall–Kier alpha value is -0.550. The molecule has 1 N–H and O–H groups in total. The Labute approximate surface area is 98.4 Å². The summed E-state index contributed by atoms with van der Waals surface area (Å²) in [7, 11) is 0. The van der Waals surface area contributed by atoms with E-state index in [-0.39, 0.29) is 0 Å². The Balaban J connectivity index is 1.88. The summed E-state index contributed by atoms with van der Waals surface area (Å²) in [5.41, 5.74) is 2.91. The predicted octanol–water partition coefficient (Wildman–Crippen LogP) is 2.36. The molecule has 0 spiro atoms. The highest BCUT2D eigenvalue weighted by atomic mass is 32.2. The van der Waals surface area contributed by atoms with Gasteiger partial charge in [-0.2, -0.15) is 0 Å². The first-order valence-electron chi connectivity index (χ1n) is 5.06. The molecule has 1 aliphatic heterocycles. The minimum Gasteiger partial charge on any atom is -0.361 e. The van der Waals surface area contributed by atoms with Crippen LogP contribution in [0.1, 0.15) is 19.5 Å². The molecule has 0 saturated carbocycles. The summed E-state index contributed by atoms with van der Waals surface area (Å²) in [6.45, 7) is 5.17. The highest BCUT2D eigenvalue weighted by molar-refractivity contribution is 8.14. The van der Waals surface area contributed by atoms with Gasteiger partial charge in [-0.3, -0.25) is 4.99 Å². The van der Waals surface area contributed by atoms with Crippen molar-refractivity contribution in [3.05, 3.63) is 16.6 Å². The molecule has 0 bridgehead atoms. The molecule has 0 radical (unpaired) electrons. The van der Waals surface area contributed by atoms with Crippen LogP contribution in [0.4, 0.5) is 0 Å². The molecule has 0 amide bonds. The van der Waals surface area contributed by atoms with E-state index in [1.54, 1.807) is 11.3 Å². The van der Waals surface area contributed by atoms with Crippen molar-refractivity contribution >= 4 is 28.3 Å². The molecule has 1 aliphatic rings. The zero-order valence-electron chi connectivity index (χ0n) is 8.93. The van der Waals surface area contributed by atoms with Gasteiger partial charge in [0.15, 0.2) is 5.17 Å². The van der Waals surface area contributed by atoms with Crippen LogP contribution in [0.15, 0.2) is 15.9 Å². The summed E-state index contributed by atoms with van der Waals surface area (Å²) in [5, 5.41) is 6.56. The molecule has 1 aromatic heterocycles. The second-order valence-corrected chi connectivity index (χ2v) is 5.63. The maximum atomic E-state index is 4.51. The molecule has 3 nitrogen and oxygen atoms in total. The van der Waals surface area contributed by atoms with Crippen molar-refractivity contribution in [3.8, 4) is 0 Å². The van der Waals surface area contributed by atoms with E-state index in [4.69, 9.17) is 0 Å². The highest BCUT2D eigenvalue weighted by Gasteiger charge is 2.22. The maximum Gasteiger partial charge on any atom is 0.157 e. The first kappa shape index (κ1) is 11.0. The van der Waals surface area contributed by atoms with E-state index in [2.05, 4.69) is 29.1 Å². The third-order valence-corrected chi connectivity index (χ3v) is 4.06. The van der Waals surface area contributed by atoms with Gasteiger partial charge in [0, 0.05) is 17.2 Å². The second kappa shape index (κ2) is 4.99. The molecule has 1 aromatic rings. The molecular weight excluding hydrogens is 226 g/mol. The summed E-state index contributed by atoms with van der Waals surface area (Å²) in [4.78, 5) is 8.72. The van der Waals surface area contributed by atoms with Crippen molar-refractivity contribution in [1.29, 1.82) is 0 Å². The quantitative estimate of drug-likeness (QED) is 0.882. The van der Waals surface area contributed by atoms with Gasteiger partial charge in [-0.25, -0.2) is 4.98 Å². The van der Waals surface area contributed by atoms with Crippen LogP contribution < -0.4 is 5.32 Å². The summed E-state index contributed by atoms with van der Waals surface area (Å²) >= 11 is 3.44. The molecule has 2 heterocycles. The van der Waals surface area contributed by atoms with E-state index >= 15 is 0 Å². The molecule has 82 valence electrons. The maximum absolute atomic E-state index is 4.51. The molecule has 0 aliphatic carbocycles. The van der Waals surface area contributed by atoms with Crippen molar-refractivity contribution < 1.29 is 0 Å². The number of amidine groups is 1. The Morgan fingerprint density at radius 3 is 3.13 bits per heavy atom. The minimum absolute atomic E-state index is 0.573. The number of nitrogens with zero attached hydrogens (tertiary/aromatic N) is 2. The van der Waals surface area contributed by atoms with Crippen molar-refractivity contribution in [1.82, 2.24) is 10.3 Å².